The van der Waals surface area contributed by atoms with Crippen LogP contribution in [-0.2, 0) is 12.2 Å². The van der Waals surface area contributed by atoms with Gasteiger partial charge in [-0.15, -0.1) is 0 Å². The third-order valence-corrected chi connectivity index (χ3v) is 5.23. The van der Waals surface area contributed by atoms with Gasteiger partial charge in [0, 0.05) is 28.7 Å². The van der Waals surface area contributed by atoms with E-state index in [-0.39, 0.29) is 0 Å². The average Bonchev–Trinajstić information content (AvgIpc) is 2.65. The van der Waals surface area contributed by atoms with E-state index < -0.39 is 0 Å². The van der Waals surface area contributed by atoms with Crippen molar-refractivity contribution in [1.29, 1.82) is 0 Å². The standard InChI is InChI=1S/C15H25N3S/c1-4-11(2)19-10-15-17-9-12-13(16-3)7-5-6-8-14(12)18-15/h9,11,13,16H,4-8,10H2,1-3H3. The van der Waals surface area contributed by atoms with Gasteiger partial charge >= 0.3 is 0 Å². The van der Waals surface area contributed by atoms with Crippen molar-refractivity contribution >= 4 is 11.8 Å². The van der Waals surface area contributed by atoms with Crippen LogP contribution in [0.15, 0.2) is 6.20 Å². The second-order valence-corrected chi connectivity index (χ2v) is 6.73. The van der Waals surface area contributed by atoms with Gasteiger partial charge in [0.1, 0.15) is 5.82 Å². The summed E-state index contributed by atoms with van der Waals surface area (Å²) < 4.78 is 0. The summed E-state index contributed by atoms with van der Waals surface area (Å²) in [6.07, 6.45) is 8.10. The number of nitrogens with one attached hydrogen (secondary N) is 1. The first-order valence-corrected chi connectivity index (χ1v) is 8.43. The summed E-state index contributed by atoms with van der Waals surface area (Å²) in [7, 11) is 2.03. The zero-order valence-electron chi connectivity index (χ0n) is 12.3. The van der Waals surface area contributed by atoms with E-state index >= 15 is 0 Å². The fourth-order valence-electron chi connectivity index (χ4n) is 2.46. The molecule has 0 bridgehead atoms. The van der Waals surface area contributed by atoms with E-state index in [2.05, 4.69) is 30.3 Å². The largest absolute Gasteiger partial charge is 0.313 e. The first kappa shape index (κ1) is 14.8. The molecule has 0 aliphatic heterocycles. The molecule has 0 spiro atoms. The van der Waals surface area contributed by atoms with E-state index in [0.29, 0.717) is 11.3 Å². The molecule has 0 saturated heterocycles. The van der Waals surface area contributed by atoms with E-state index in [0.717, 1.165) is 18.0 Å². The number of hydrogen-bond acceptors (Lipinski definition) is 4. The number of fused-ring (bicyclic) bond motifs is 1. The van der Waals surface area contributed by atoms with Crippen LogP contribution in [-0.4, -0.2) is 22.3 Å². The van der Waals surface area contributed by atoms with Crippen molar-refractivity contribution in [1.82, 2.24) is 15.3 Å². The van der Waals surface area contributed by atoms with Gasteiger partial charge in [0.2, 0.25) is 0 Å². The molecule has 1 aliphatic rings. The van der Waals surface area contributed by atoms with Crippen LogP contribution in [0.3, 0.4) is 0 Å². The maximum absolute atomic E-state index is 4.81. The summed E-state index contributed by atoms with van der Waals surface area (Å²) in [5, 5.41) is 4.08. The van der Waals surface area contributed by atoms with Crippen molar-refractivity contribution in [2.75, 3.05) is 7.05 Å². The minimum Gasteiger partial charge on any atom is -0.313 e. The van der Waals surface area contributed by atoms with Gasteiger partial charge in [0.05, 0.1) is 5.75 Å². The Morgan fingerprint density at radius 2 is 2.32 bits per heavy atom. The van der Waals surface area contributed by atoms with Gasteiger partial charge < -0.3 is 5.32 Å². The van der Waals surface area contributed by atoms with E-state index in [1.54, 1.807) is 0 Å². The van der Waals surface area contributed by atoms with Crippen LogP contribution in [0.2, 0.25) is 0 Å². The van der Waals surface area contributed by atoms with E-state index in [1.165, 1.54) is 36.9 Å². The molecule has 19 heavy (non-hydrogen) atoms. The first-order chi connectivity index (χ1) is 9.24. The van der Waals surface area contributed by atoms with Crippen LogP contribution in [0, 0.1) is 0 Å². The summed E-state index contributed by atoms with van der Waals surface area (Å²) in [6.45, 7) is 4.50. The molecule has 0 saturated carbocycles. The van der Waals surface area contributed by atoms with Crippen molar-refractivity contribution in [3.63, 3.8) is 0 Å². The van der Waals surface area contributed by atoms with Crippen molar-refractivity contribution in [3.8, 4) is 0 Å². The van der Waals surface area contributed by atoms with Crippen LogP contribution >= 0.6 is 11.8 Å². The highest BCUT2D eigenvalue weighted by Gasteiger charge is 2.19. The molecule has 106 valence electrons. The van der Waals surface area contributed by atoms with Gasteiger partial charge in [-0.25, -0.2) is 9.97 Å². The van der Waals surface area contributed by atoms with Gasteiger partial charge in [0.15, 0.2) is 0 Å². The van der Waals surface area contributed by atoms with E-state index in [1.807, 2.05) is 18.8 Å². The summed E-state index contributed by atoms with van der Waals surface area (Å²) >= 11 is 1.95. The van der Waals surface area contributed by atoms with Gasteiger partial charge in [-0.2, -0.15) is 11.8 Å². The highest BCUT2D eigenvalue weighted by atomic mass is 32.2. The normalized spacial score (nSPS) is 20.7. The maximum atomic E-state index is 4.81. The van der Waals surface area contributed by atoms with Crippen LogP contribution in [0.4, 0.5) is 0 Å². The van der Waals surface area contributed by atoms with Crippen molar-refractivity contribution in [3.05, 3.63) is 23.3 Å². The Morgan fingerprint density at radius 1 is 1.47 bits per heavy atom. The smallest absolute Gasteiger partial charge is 0.138 e. The Balaban J connectivity index is 2.11. The van der Waals surface area contributed by atoms with Crippen LogP contribution in [0.1, 0.15) is 62.7 Å². The minimum absolute atomic E-state index is 0.439. The lowest BCUT2D eigenvalue weighted by Gasteiger charge is -2.16. The lowest BCUT2D eigenvalue weighted by Crippen LogP contribution is -2.18. The monoisotopic (exact) mass is 279 g/mol. The molecule has 4 heteroatoms. The topological polar surface area (TPSA) is 37.8 Å². The molecule has 2 unspecified atom stereocenters. The number of aryl methyl sites for hydroxylation is 1. The fraction of sp³-hybridized carbons (Fsp3) is 0.733. The molecular weight excluding hydrogens is 254 g/mol. The molecule has 1 aromatic rings. The van der Waals surface area contributed by atoms with Crippen molar-refractivity contribution in [2.24, 2.45) is 0 Å². The number of aromatic nitrogens is 2. The SMILES string of the molecule is CCC(C)SCc1ncc2c(n1)CCCCC2NC. The lowest BCUT2D eigenvalue weighted by molar-refractivity contribution is 0.531. The van der Waals surface area contributed by atoms with Gasteiger partial charge in [0.25, 0.3) is 0 Å². The highest BCUT2D eigenvalue weighted by Crippen LogP contribution is 2.27. The molecule has 2 atom stereocenters. The number of hydrogen-bond donors (Lipinski definition) is 1. The van der Waals surface area contributed by atoms with Gasteiger partial charge in [-0.1, -0.05) is 20.3 Å². The Hall–Kier alpha value is -0.610. The zero-order valence-corrected chi connectivity index (χ0v) is 13.1. The molecule has 2 rings (SSSR count). The second-order valence-electron chi connectivity index (χ2n) is 5.31. The molecule has 0 aromatic carbocycles. The van der Waals surface area contributed by atoms with E-state index in [4.69, 9.17) is 4.98 Å². The highest BCUT2D eigenvalue weighted by molar-refractivity contribution is 7.99. The third-order valence-electron chi connectivity index (χ3n) is 3.90. The van der Waals surface area contributed by atoms with Crippen molar-refractivity contribution < 1.29 is 0 Å². The second kappa shape index (κ2) is 7.25. The van der Waals surface area contributed by atoms with Gasteiger partial charge in [-0.3, -0.25) is 0 Å². The molecule has 1 aliphatic carbocycles. The molecule has 1 aromatic heterocycles. The predicted molar refractivity (Wildman–Crippen MR) is 82.4 cm³/mol. The Labute approximate surface area is 121 Å². The summed E-state index contributed by atoms with van der Waals surface area (Å²) in [4.78, 5) is 9.37. The predicted octanol–water partition coefficient (Wildman–Crippen LogP) is 3.50. The van der Waals surface area contributed by atoms with Crippen molar-refractivity contribution in [2.45, 2.75) is 63.0 Å². The Morgan fingerprint density at radius 3 is 3.05 bits per heavy atom. The molecule has 1 heterocycles. The molecule has 0 radical (unpaired) electrons. The lowest BCUT2D eigenvalue weighted by atomic mass is 10.1. The van der Waals surface area contributed by atoms with E-state index in [9.17, 15) is 0 Å². The third kappa shape index (κ3) is 3.93. The summed E-state index contributed by atoms with van der Waals surface area (Å²) in [5.41, 5.74) is 2.59. The molecule has 3 nitrogen and oxygen atoms in total. The summed E-state index contributed by atoms with van der Waals surface area (Å²) in [5.74, 6) is 1.94. The number of thioether (sulfide) groups is 1. The quantitative estimate of drug-likeness (QED) is 0.837. The Bertz CT molecular complexity index is 408. The van der Waals surface area contributed by atoms with Gasteiger partial charge in [-0.05, 0) is 32.7 Å². The maximum Gasteiger partial charge on any atom is 0.138 e. The molecule has 0 amide bonds. The molecule has 0 fully saturated rings. The number of nitrogens with zero attached hydrogens (tertiary/aromatic N) is 2. The summed E-state index contributed by atoms with van der Waals surface area (Å²) in [6, 6.07) is 0.439. The Kier molecular flexibility index (Phi) is 5.64. The van der Waals surface area contributed by atoms with Crippen LogP contribution < -0.4 is 5.32 Å². The molecule has 1 N–H and O–H groups in total. The average molecular weight is 279 g/mol. The fourth-order valence-corrected chi connectivity index (χ4v) is 3.27. The molecular formula is C15H25N3S. The number of rotatable bonds is 5. The first-order valence-electron chi connectivity index (χ1n) is 7.38. The minimum atomic E-state index is 0.439. The van der Waals surface area contributed by atoms with Crippen LogP contribution in [0.5, 0.6) is 0 Å². The van der Waals surface area contributed by atoms with Crippen LogP contribution in [0.25, 0.3) is 0 Å². The zero-order chi connectivity index (χ0) is 13.7.